The van der Waals surface area contributed by atoms with Crippen LogP contribution in [0.15, 0.2) is 48.8 Å². The number of aliphatic carboxylic acids is 1. The summed E-state index contributed by atoms with van der Waals surface area (Å²) in [6.07, 6.45) is 6.12. The predicted molar refractivity (Wildman–Crippen MR) is 115 cm³/mol. The van der Waals surface area contributed by atoms with E-state index < -0.39 is 11.9 Å². The molecule has 0 saturated carbocycles. The van der Waals surface area contributed by atoms with Crippen molar-refractivity contribution in [1.82, 2.24) is 19.9 Å². The molecule has 8 nitrogen and oxygen atoms in total. The number of carbonyl (C=O) groups is 2. The van der Waals surface area contributed by atoms with Crippen molar-refractivity contribution in [2.45, 2.75) is 31.7 Å². The third-order valence-corrected chi connectivity index (χ3v) is 6.04. The van der Waals surface area contributed by atoms with Gasteiger partial charge in [-0.2, -0.15) is 0 Å². The first-order chi connectivity index (χ1) is 15.0. The van der Waals surface area contributed by atoms with E-state index in [1.807, 2.05) is 24.5 Å². The average Bonchev–Trinajstić information content (AvgIpc) is 3.21. The van der Waals surface area contributed by atoms with Gasteiger partial charge < -0.3 is 14.6 Å². The number of fused-ring (bicyclic) bond motifs is 1. The zero-order valence-electron chi connectivity index (χ0n) is 17.2. The number of nitrogens with zero attached hydrogens (tertiary/aromatic N) is 3. The van der Waals surface area contributed by atoms with Gasteiger partial charge in [0.2, 0.25) is 0 Å². The summed E-state index contributed by atoms with van der Waals surface area (Å²) in [7, 11) is 0. The van der Waals surface area contributed by atoms with Crippen molar-refractivity contribution in [2.24, 2.45) is 0 Å². The number of hydrogen-bond donors (Lipinski definition) is 3. The number of carboxylic acid groups (broad SMARTS) is 1. The van der Waals surface area contributed by atoms with E-state index in [4.69, 9.17) is 10.3 Å². The first kappa shape index (κ1) is 21.0. The summed E-state index contributed by atoms with van der Waals surface area (Å²) in [5.74, 6) is -0.831. The van der Waals surface area contributed by atoms with Crippen molar-refractivity contribution in [3.05, 3.63) is 65.5 Å². The number of aromatic nitrogens is 2. The van der Waals surface area contributed by atoms with Gasteiger partial charge in [0.25, 0.3) is 5.91 Å². The largest absolute Gasteiger partial charge is 0.481 e. The molecule has 0 atom stereocenters. The van der Waals surface area contributed by atoms with Crippen LogP contribution in [0.2, 0.25) is 0 Å². The minimum Gasteiger partial charge on any atom is -0.481 e. The number of carboxylic acids is 1. The molecule has 4 rings (SSSR count). The highest BCUT2D eigenvalue weighted by Crippen LogP contribution is 2.33. The van der Waals surface area contributed by atoms with Crippen LogP contribution in [0, 0.1) is 0 Å². The van der Waals surface area contributed by atoms with E-state index in [9.17, 15) is 9.59 Å². The number of piperidine rings is 1. The topological polar surface area (TPSA) is 108 Å². The fourth-order valence-electron chi connectivity index (χ4n) is 4.34. The molecule has 0 spiro atoms. The summed E-state index contributed by atoms with van der Waals surface area (Å²) in [5.41, 5.74) is 5.31. The molecule has 1 aliphatic rings. The van der Waals surface area contributed by atoms with Crippen LogP contribution >= 0.6 is 0 Å². The average molecular weight is 422 g/mol. The van der Waals surface area contributed by atoms with Crippen LogP contribution in [0.3, 0.4) is 0 Å². The van der Waals surface area contributed by atoms with Gasteiger partial charge in [-0.1, -0.05) is 12.1 Å². The summed E-state index contributed by atoms with van der Waals surface area (Å²) in [6.45, 7) is 3.07. The first-order valence-electron chi connectivity index (χ1n) is 10.5. The van der Waals surface area contributed by atoms with Crippen LogP contribution in [0.4, 0.5) is 0 Å². The fourth-order valence-corrected chi connectivity index (χ4v) is 4.34. The Labute approximate surface area is 180 Å². The van der Waals surface area contributed by atoms with E-state index in [0.717, 1.165) is 42.5 Å². The zero-order chi connectivity index (χ0) is 21.8. The summed E-state index contributed by atoms with van der Waals surface area (Å²) < 4.78 is 2.10. The van der Waals surface area contributed by atoms with Gasteiger partial charge in [0.1, 0.15) is 5.65 Å². The molecule has 0 aliphatic carbocycles. The SMILES string of the molecule is O=C(O)CCN1CCC(c2ccnc3c2ccn3Cc2ccc(C(=O)NO)cc2)CC1. The molecule has 162 valence electrons. The Morgan fingerprint density at radius 3 is 2.52 bits per heavy atom. The van der Waals surface area contributed by atoms with Crippen molar-refractivity contribution in [3.63, 3.8) is 0 Å². The lowest BCUT2D eigenvalue weighted by atomic mass is 9.88. The standard InChI is InChI=1S/C23H26N4O4/c28-21(29)9-13-26-11-6-17(7-12-26)19-5-10-24-22-20(19)8-14-27(22)15-16-1-3-18(4-2-16)23(30)25-31/h1-5,8,10,14,17,31H,6-7,9,11-13,15H2,(H,25,30)(H,28,29). The van der Waals surface area contributed by atoms with Gasteiger partial charge >= 0.3 is 5.97 Å². The summed E-state index contributed by atoms with van der Waals surface area (Å²) in [4.78, 5) is 29.1. The number of benzene rings is 1. The van der Waals surface area contributed by atoms with Crippen molar-refractivity contribution in [1.29, 1.82) is 0 Å². The Bertz CT molecular complexity index is 1070. The van der Waals surface area contributed by atoms with Gasteiger partial charge in [-0.25, -0.2) is 10.5 Å². The molecule has 31 heavy (non-hydrogen) atoms. The second-order valence-corrected chi connectivity index (χ2v) is 7.98. The maximum absolute atomic E-state index is 11.5. The predicted octanol–water partition coefficient (Wildman–Crippen LogP) is 2.86. The van der Waals surface area contributed by atoms with Gasteiger partial charge in [0.15, 0.2) is 0 Å². The highest BCUT2D eigenvalue weighted by atomic mass is 16.5. The van der Waals surface area contributed by atoms with Crippen molar-refractivity contribution in [2.75, 3.05) is 19.6 Å². The lowest BCUT2D eigenvalue weighted by molar-refractivity contribution is -0.137. The maximum Gasteiger partial charge on any atom is 0.304 e. The zero-order valence-corrected chi connectivity index (χ0v) is 17.2. The molecule has 3 N–H and O–H groups in total. The van der Waals surface area contributed by atoms with Crippen LogP contribution in [0.5, 0.6) is 0 Å². The third kappa shape index (κ3) is 4.76. The molecule has 0 bridgehead atoms. The number of amides is 1. The molecule has 1 saturated heterocycles. The lowest BCUT2D eigenvalue weighted by Crippen LogP contribution is -2.34. The van der Waals surface area contributed by atoms with Gasteiger partial charge in [0, 0.05) is 36.4 Å². The second kappa shape index (κ2) is 9.28. The summed E-state index contributed by atoms with van der Waals surface area (Å²) in [5, 5.41) is 18.8. The van der Waals surface area contributed by atoms with Gasteiger partial charge in [0.05, 0.1) is 6.42 Å². The van der Waals surface area contributed by atoms with Crippen molar-refractivity contribution >= 4 is 22.9 Å². The first-order valence-corrected chi connectivity index (χ1v) is 10.5. The van der Waals surface area contributed by atoms with E-state index in [0.29, 0.717) is 24.6 Å². The Morgan fingerprint density at radius 1 is 1.10 bits per heavy atom. The van der Waals surface area contributed by atoms with E-state index in [1.54, 1.807) is 17.6 Å². The molecule has 2 aromatic heterocycles. The molecular formula is C23H26N4O4. The smallest absolute Gasteiger partial charge is 0.304 e. The van der Waals surface area contributed by atoms with Gasteiger partial charge in [-0.15, -0.1) is 0 Å². The normalized spacial score (nSPS) is 15.3. The molecule has 1 aromatic carbocycles. The number of hydrogen-bond acceptors (Lipinski definition) is 5. The molecule has 3 aromatic rings. The summed E-state index contributed by atoms with van der Waals surface area (Å²) >= 11 is 0. The number of nitrogens with one attached hydrogen (secondary N) is 1. The fraction of sp³-hybridized carbons (Fsp3) is 0.348. The Kier molecular flexibility index (Phi) is 6.29. The van der Waals surface area contributed by atoms with E-state index in [-0.39, 0.29) is 6.42 Å². The van der Waals surface area contributed by atoms with Crippen LogP contribution < -0.4 is 5.48 Å². The number of hydroxylamine groups is 1. The van der Waals surface area contributed by atoms with Gasteiger partial charge in [-0.3, -0.25) is 14.8 Å². The van der Waals surface area contributed by atoms with Crippen molar-refractivity contribution < 1.29 is 19.9 Å². The summed E-state index contributed by atoms with van der Waals surface area (Å²) in [6, 6.07) is 11.3. The van der Waals surface area contributed by atoms with Gasteiger partial charge in [-0.05, 0) is 67.2 Å². The minimum atomic E-state index is -0.745. The second-order valence-electron chi connectivity index (χ2n) is 7.98. The highest BCUT2D eigenvalue weighted by molar-refractivity contribution is 5.93. The van der Waals surface area contributed by atoms with E-state index in [2.05, 4.69) is 26.6 Å². The number of carbonyl (C=O) groups excluding carboxylic acids is 1. The minimum absolute atomic E-state index is 0.193. The Morgan fingerprint density at radius 2 is 1.84 bits per heavy atom. The van der Waals surface area contributed by atoms with E-state index >= 15 is 0 Å². The van der Waals surface area contributed by atoms with E-state index in [1.165, 1.54) is 5.56 Å². The monoisotopic (exact) mass is 422 g/mol. The molecule has 1 amide bonds. The number of rotatable bonds is 7. The number of pyridine rings is 1. The molecule has 0 unspecified atom stereocenters. The molecule has 1 aliphatic heterocycles. The van der Waals surface area contributed by atoms with Crippen LogP contribution in [-0.4, -0.2) is 56.3 Å². The molecule has 8 heteroatoms. The molecule has 3 heterocycles. The molecule has 0 radical (unpaired) electrons. The highest BCUT2D eigenvalue weighted by Gasteiger charge is 2.23. The van der Waals surface area contributed by atoms with Crippen molar-refractivity contribution in [3.8, 4) is 0 Å². The quantitative estimate of drug-likeness (QED) is 0.399. The third-order valence-electron chi connectivity index (χ3n) is 6.04. The Balaban J connectivity index is 1.47. The van der Waals surface area contributed by atoms with Crippen LogP contribution in [-0.2, 0) is 11.3 Å². The lowest BCUT2D eigenvalue weighted by Gasteiger charge is -2.32. The number of likely N-dealkylation sites (tertiary alicyclic amines) is 1. The molecule has 1 fully saturated rings. The molecular weight excluding hydrogens is 396 g/mol. The maximum atomic E-state index is 11.5. The Hall–Kier alpha value is -3.23. The van der Waals surface area contributed by atoms with Crippen LogP contribution in [0.25, 0.3) is 11.0 Å². The van der Waals surface area contributed by atoms with Crippen LogP contribution in [0.1, 0.15) is 46.7 Å².